The number of rotatable bonds is 1. The fourth-order valence-electron chi connectivity index (χ4n) is 5.17. The molecule has 0 radical (unpaired) electrons. The van der Waals surface area contributed by atoms with Crippen molar-refractivity contribution in [3.05, 3.63) is 45.6 Å². The monoisotopic (exact) mass is 310 g/mol. The highest BCUT2D eigenvalue weighted by molar-refractivity contribution is 5.71. The van der Waals surface area contributed by atoms with Crippen molar-refractivity contribution in [1.82, 2.24) is 0 Å². The van der Waals surface area contributed by atoms with Gasteiger partial charge in [0.05, 0.1) is 0 Å². The van der Waals surface area contributed by atoms with Crippen LogP contribution in [0.5, 0.6) is 0 Å². The quantitative estimate of drug-likeness (QED) is 0.488. The van der Waals surface area contributed by atoms with Gasteiger partial charge in [-0.3, -0.25) is 0 Å². The molecule has 1 atom stereocenters. The minimum absolute atomic E-state index is 0.145. The molecule has 23 heavy (non-hydrogen) atoms. The molecule has 0 saturated heterocycles. The molecular weight excluding hydrogens is 276 g/mol. The Morgan fingerprint density at radius 2 is 1.48 bits per heavy atom. The van der Waals surface area contributed by atoms with Gasteiger partial charge < -0.3 is 0 Å². The second-order valence-electron chi connectivity index (χ2n) is 10.6. The van der Waals surface area contributed by atoms with E-state index in [1.807, 2.05) is 0 Å². The van der Waals surface area contributed by atoms with Crippen LogP contribution in [0.15, 0.2) is 45.6 Å². The molecule has 0 amide bonds. The average Bonchev–Trinajstić information content (AvgIpc) is 2.72. The lowest BCUT2D eigenvalue weighted by atomic mass is 9.72. The minimum atomic E-state index is 0.145. The van der Waals surface area contributed by atoms with Gasteiger partial charge in [0.1, 0.15) is 0 Å². The highest BCUT2D eigenvalue weighted by Crippen LogP contribution is 2.70. The van der Waals surface area contributed by atoms with Crippen molar-refractivity contribution in [3.63, 3.8) is 0 Å². The van der Waals surface area contributed by atoms with Crippen LogP contribution in [0.4, 0.5) is 0 Å². The molecule has 0 nitrogen and oxygen atoms in total. The summed E-state index contributed by atoms with van der Waals surface area (Å²) in [4.78, 5) is 0. The predicted octanol–water partition coefficient (Wildman–Crippen LogP) is 7.01. The van der Waals surface area contributed by atoms with Gasteiger partial charge in [-0.2, -0.15) is 0 Å². The van der Waals surface area contributed by atoms with Crippen molar-refractivity contribution < 1.29 is 0 Å². The molecule has 0 N–H and O–H groups in total. The van der Waals surface area contributed by atoms with Crippen LogP contribution in [0.25, 0.3) is 0 Å². The third-order valence-corrected chi connectivity index (χ3v) is 6.25. The van der Waals surface area contributed by atoms with Gasteiger partial charge in [0.15, 0.2) is 0 Å². The first kappa shape index (κ1) is 16.8. The van der Waals surface area contributed by atoms with E-state index in [-0.39, 0.29) is 16.2 Å². The Hall–Kier alpha value is -1.04. The average molecular weight is 311 g/mol. The zero-order valence-electron chi connectivity index (χ0n) is 16.9. The Balaban J connectivity index is 2.05. The van der Waals surface area contributed by atoms with E-state index < -0.39 is 0 Å². The minimum Gasteiger partial charge on any atom is -0.0672 e. The maximum Gasteiger partial charge on any atom is 0.0299 e. The summed E-state index contributed by atoms with van der Waals surface area (Å²) >= 11 is 0. The van der Waals surface area contributed by atoms with Crippen molar-refractivity contribution >= 4 is 0 Å². The summed E-state index contributed by atoms with van der Waals surface area (Å²) in [7, 11) is 0. The molecule has 0 aromatic rings. The molecule has 126 valence electrons. The maximum atomic E-state index is 2.55. The molecule has 0 heterocycles. The molecule has 3 rings (SSSR count). The Labute approximate surface area is 143 Å². The molecule has 0 spiro atoms. The van der Waals surface area contributed by atoms with Gasteiger partial charge in [-0.1, -0.05) is 78.7 Å². The fraction of sp³-hybridized carbons (Fsp3) is 0.652. The van der Waals surface area contributed by atoms with E-state index in [9.17, 15) is 0 Å². The van der Waals surface area contributed by atoms with Crippen molar-refractivity contribution in [2.75, 3.05) is 0 Å². The van der Waals surface area contributed by atoms with Gasteiger partial charge in [-0.15, -0.1) is 0 Å². The maximum absolute atomic E-state index is 2.55. The molecule has 3 aliphatic rings. The summed E-state index contributed by atoms with van der Waals surface area (Å²) in [5, 5.41) is 0. The third-order valence-electron chi connectivity index (χ3n) is 6.25. The first-order valence-corrected chi connectivity index (χ1v) is 9.11. The molecule has 3 aliphatic carbocycles. The van der Waals surface area contributed by atoms with Gasteiger partial charge >= 0.3 is 0 Å². The van der Waals surface area contributed by atoms with Crippen LogP contribution in [-0.2, 0) is 0 Å². The second-order valence-corrected chi connectivity index (χ2v) is 10.6. The first-order chi connectivity index (χ1) is 10.2. The molecule has 0 aromatic heterocycles. The number of allylic oxidation sites excluding steroid dienone is 8. The topological polar surface area (TPSA) is 0 Å². The largest absolute Gasteiger partial charge is 0.0672 e. The highest BCUT2D eigenvalue weighted by Gasteiger charge is 2.58. The molecule has 0 fully saturated rings. The van der Waals surface area contributed by atoms with E-state index in [0.717, 1.165) is 6.42 Å². The predicted molar refractivity (Wildman–Crippen MR) is 101 cm³/mol. The van der Waals surface area contributed by atoms with Crippen molar-refractivity contribution in [1.29, 1.82) is 0 Å². The van der Waals surface area contributed by atoms with Crippen LogP contribution in [-0.4, -0.2) is 0 Å². The van der Waals surface area contributed by atoms with Gasteiger partial charge in [-0.05, 0) is 53.4 Å². The molecule has 1 unspecified atom stereocenters. The van der Waals surface area contributed by atoms with Crippen molar-refractivity contribution in [2.45, 2.75) is 75.7 Å². The lowest BCUT2D eigenvalue weighted by Crippen LogP contribution is -2.21. The van der Waals surface area contributed by atoms with E-state index in [1.165, 1.54) is 5.57 Å². The summed E-state index contributed by atoms with van der Waals surface area (Å²) in [6.45, 7) is 23.7. The third kappa shape index (κ3) is 2.24. The summed E-state index contributed by atoms with van der Waals surface area (Å²) in [6.07, 6.45) is 6.22. The van der Waals surface area contributed by atoms with Gasteiger partial charge in [0.2, 0.25) is 0 Å². The van der Waals surface area contributed by atoms with Crippen LogP contribution in [0, 0.1) is 21.7 Å². The normalized spacial score (nSPS) is 29.8. The van der Waals surface area contributed by atoms with Crippen LogP contribution in [0.1, 0.15) is 75.7 Å². The number of hydrogen-bond donors (Lipinski definition) is 0. The lowest BCUT2D eigenvalue weighted by Gasteiger charge is -2.32. The van der Waals surface area contributed by atoms with Crippen LogP contribution in [0.2, 0.25) is 0 Å². The van der Waals surface area contributed by atoms with E-state index in [1.54, 1.807) is 27.9 Å². The van der Waals surface area contributed by atoms with Gasteiger partial charge in [0.25, 0.3) is 0 Å². The van der Waals surface area contributed by atoms with Gasteiger partial charge in [0, 0.05) is 10.8 Å². The van der Waals surface area contributed by atoms with Crippen molar-refractivity contribution in [3.8, 4) is 0 Å². The zero-order valence-corrected chi connectivity index (χ0v) is 16.9. The zero-order chi connectivity index (χ0) is 17.6. The smallest absolute Gasteiger partial charge is 0.0299 e. The van der Waals surface area contributed by atoms with Crippen LogP contribution < -0.4 is 0 Å². The van der Waals surface area contributed by atoms with E-state index >= 15 is 0 Å². The summed E-state index contributed by atoms with van der Waals surface area (Å²) in [6, 6.07) is 0. The second kappa shape index (κ2) is 4.32. The molecule has 0 aromatic carbocycles. The van der Waals surface area contributed by atoms with Gasteiger partial charge in [-0.25, -0.2) is 0 Å². The first-order valence-electron chi connectivity index (χ1n) is 9.11. The summed E-state index contributed by atoms with van der Waals surface area (Å²) < 4.78 is 0. The van der Waals surface area contributed by atoms with E-state index in [2.05, 4.69) is 81.4 Å². The van der Waals surface area contributed by atoms with Crippen LogP contribution >= 0.6 is 0 Å². The fourth-order valence-corrected chi connectivity index (χ4v) is 5.17. The Bertz CT molecular complexity index is 702. The van der Waals surface area contributed by atoms with E-state index in [4.69, 9.17) is 0 Å². The molecule has 0 bridgehead atoms. The Kier molecular flexibility index (Phi) is 3.16. The number of hydrogen-bond acceptors (Lipinski definition) is 0. The van der Waals surface area contributed by atoms with Crippen molar-refractivity contribution in [2.24, 2.45) is 21.7 Å². The molecule has 0 saturated carbocycles. The molecule has 0 aliphatic heterocycles. The lowest BCUT2D eigenvalue weighted by molar-refractivity contribution is 0.446. The SMILES string of the molecule is CC1=CC(C)(C2=CC(C(C)(C)C)=C(C(C)(C)C)C2)C2=C1C2(C)C. The summed E-state index contributed by atoms with van der Waals surface area (Å²) in [5.41, 5.74) is 10.6. The van der Waals surface area contributed by atoms with E-state index in [0.29, 0.717) is 5.41 Å². The van der Waals surface area contributed by atoms with Crippen LogP contribution in [0.3, 0.4) is 0 Å². The Morgan fingerprint density at radius 3 is 1.83 bits per heavy atom. The standard InChI is InChI=1S/C23H34/c1-14-13-23(10,19-18(14)22(19,8)9)15-11-16(20(2,3)4)17(12-15)21(5,6)7/h11,13H,12H2,1-10H3. The molecular formula is C23H34. The summed E-state index contributed by atoms with van der Waals surface area (Å²) in [5.74, 6) is 0. The molecule has 0 heteroatoms. The highest BCUT2D eigenvalue weighted by atomic mass is 14.6. The Morgan fingerprint density at radius 1 is 0.913 bits per heavy atom.